The van der Waals surface area contributed by atoms with Crippen molar-refractivity contribution in [3.63, 3.8) is 0 Å². The number of furan rings is 1. The maximum Gasteiger partial charge on any atom is 0.193 e. The van der Waals surface area contributed by atoms with Crippen molar-refractivity contribution >= 4 is 11.6 Å². The first-order valence-electron chi connectivity index (χ1n) is 8.69. The van der Waals surface area contributed by atoms with Crippen LogP contribution in [0.4, 0.5) is 5.69 Å². The van der Waals surface area contributed by atoms with Crippen LogP contribution >= 0.6 is 0 Å². The second-order valence-corrected chi connectivity index (χ2v) is 6.22. The molecule has 1 aromatic carbocycles. The third-order valence-electron chi connectivity index (χ3n) is 4.47. The summed E-state index contributed by atoms with van der Waals surface area (Å²) in [6, 6.07) is 12.0. The van der Waals surface area contributed by atoms with Gasteiger partial charge < -0.3 is 20.2 Å². The van der Waals surface area contributed by atoms with Crippen molar-refractivity contribution in [2.75, 3.05) is 32.1 Å². The number of rotatable bonds is 7. The molecule has 1 aromatic heterocycles. The first-order valence-corrected chi connectivity index (χ1v) is 8.69. The predicted molar refractivity (Wildman–Crippen MR) is 99.5 cm³/mol. The van der Waals surface area contributed by atoms with Crippen molar-refractivity contribution in [2.45, 2.75) is 25.5 Å². The number of likely N-dealkylation sites (tertiary alicyclic amines) is 1. The molecule has 1 saturated heterocycles. The molecule has 0 radical (unpaired) electrons. The van der Waals surface area contributed by atoms with Gasteiger partial charge in [-0.1, -0.05) is 18.2 Å². The van der Waals surface area contributed by atoms with Gasteiger partial charge in [0, 0.05) is 18.4 Å². The first-order chi connectivity index (χ1) is 12.3. The van der Waals surface area contributed by atoms with Crippen molar-refractivity contribution in [1.82, 2.24) is 4.90 Å². The number of nitrogens with one attached hydrogen (secondary N) is 1. The molecular formula is C19H26N4O2. The van der Waals surface area contributed by atoms with Crippen molar-refractivity contribution in [1.29, 1.82) is 0 Å². The van der Waals surface area contributed by atoms with Crippen LogP contribution in [0.15, 0.2) is 52.1 Å². The minimum Gasteiger partial charge on any atom is -0.468 e. The zero-order valence-corrected chi connectivity index (χ0v) is 14.6. The molecule has 2 heterocycles. The number of ether oxygens (including phenoxy) is 1. The van der Waals surface area contributed by atoms with Gasteiger partial charge >= 0.3 is 0 Å². The Kier molecular flexibility index (Phi) is 6.09. The lowest BCUT2D eigenvalue weighted by Crippen LogP contribution is -2.30. The van der Waals surface area contributed by atoms with E-state index in [4.69, 9.17) is 14.9 Å². The summed E-state index contributed by atoms with van der Waals surface area (Å²) in [7, 11) is 1.68. The summed E-state index contributed by atoms with van der Waals surface area (Å²) < 4.78 is 10.8. The number of hydrogen-bond donors (Lipinski definition) is 2. The summed E-state index contributed by atoms with van der Waals surface area (Å²) in [4.78, 5) is 6.97. The van der Waals surface area contributed by atoms with Crippen LogP contribution in [0.5, 0.6) is 0 Å². The fraction of sp³-hybridized carbons (Fsp3) is 0.421. The predicted octanol–water partition coefficient (Wildman–Crippen LogP) is 2.99. The number of nitrogens with zero attached hydrogens (tertiary/aromatic N) is 2. The standard InChI is InChI=1S/C19H26N4O2/c1-24-14-15-7-2-3-8-16(15)22-19(20)21-13-17(18-9-6-12-25-18)23-10-4-5-11-23/h2-3,6-9,12,17H,4-5,10-11,13-14H2,1H3,(H3,20,21,22). The van der Waals surface area contributed by atoms with Gasteiger partial charge in [0.2, 0.25) is 0 Å². The van der Waals surface area contributed by atoms with Crippen LogP contribution in [0.2, 0.25) is 0 Å². The second-order valence-electron chi connectivity index (χ2n) is 6.22. The molecule has 25 heavy (non-hydrogen) atoms. The highest BCUT2D eigenvalue weighted by molar-refractivity contribution is 5.93. The van der Waals surface area contributed by atoms with E-state index in [1.54, 1.807) is 13.4 Å². The summed E-state index contributed by atoms with van der Waals surface area (Å²) >= 11 is 0. The lowest BCUT2D eigenvalue weighted by Gasteiger charge is -2.24. The van der Waals surface area contributed by atoms with Gasteiger partial charge in [-0.2, -0.15) is 0 Å². The minimum absolute atomic E-state index is 0.132. The average molecular weight is 342 g/mol. The number of para-hydroxylation sites is 1. The number of nitrogens with two attached hydrogens (primary N) is 1. The quantitative estimate of drug-likeness (QED) is 0.597. The second kappa shape index (κ2) is 8.69. The lowest BCUT2D eigenvalue weighted by molar-refractivity contribution is 0.185. The molecule has 2 aromatic rings. The number of benzene rings is 1. The van der Waals surface area contributed by atoms with Gasteiger partial charge in [0.1, 0.15) is 5.76 Å². The van der Waals surface area contributed by atoms with Gasteiger partial charge in [0.15, 0.2) is 5.96 Å². The third-order valence-corrected chi connectivity index (χ3v) is 4.47. The van der Waals surface area contributed by atoms with E-state index in [0.29, 0.717) is 19.1 Å². The van der Waals surface area contributed by atoms with Crippen LogP contribution < -0.4 is 11.1 Å². The van der Waals surface area contributed by atoms with Gasteiger partial charge in [-0.15, -0.1) is 0 Å². The van der Waals surface area contributed by atoms with E-state index in [1.165, 1.54) is 12.8 Å². The summed E-state index contributed by atoms with van der Waals surface area (Å²) in [5.74, 6) is 1.34. The monoisotopic (exact) mass is 342 g/mol. The lowest BCUT2D eigenvalue weighted by atomic mass is 10.2. The zero-order chi connectivity index (χ0) is 17.5. The summed E-state index contributed by atoms with van der Waals surface area (Å²) in [6.07, 6.45) is 4.16. The first kappa shape index (κ1) is 17.5. The molecule has 0 bridgehead atoms. The summed E-state index contributed by atoms with van der Waals surface area (Å²) in [6.45, 7) is 3.24. The third kappa shape index (κ3) is 4.61. The molecule has 6 heteroatoms. The molecule has 1 aliphatic rings. The maximum absolute atomic E-state index is 6.12. The molecule has 1 unspecified atom stereocenters. The van der Waals surface area contributed by atoms with Crippen LogP contribution in [0.1, 0.15) is 30.2 Å². The molecule has 6 nitrogen and oxygen atoms in total. The van der Waals surface area contributed by atoms with Gasteiger partial charge in [-0.05, 0) is 44.1 Å². The van der Waals surface area contributed by atoms with E-state index >= 15 is 0 Å². The highest BCUT2D eigenvalue weighted by atomic mass is 16.5. The Balaban J connectivity index is 1.68. The SMILES string of the molecule is COCc1ccccc1NC(N)=NCC(c1ccco1)N1CCCC1. The number of anilines is 1. The summed E-state index contributed by atoms with van der Waals surface area (Å²) in [5.41, 5.74) is 8.08. The van der Waals surface area contributed by atoms with Gasteiger partial charge in [0.25, 0.3) is 0 Å². The molecule has 0 spiro atoms. The van der Waals surface area contributed by atoms with E-state index < -0.39 is 0 Å². The van der Waals surface area contributed by atoms with Crippen LogP contribution in [0.25, 0.3) is 0 Å². The van der Waals surface area contributed by atoms with Crippen molar-refractivity contribution in [3.8, 4) is 0 Å². The van der Waals surface area contributed by atoms with Crippen molar-refractivity contribution in [3.05, 3.63) is 54.0 Å². The maximum atomic E-state index is 6.12. The van der Waals surface area contributed by atoms with Crippen LogP contribution in [0, 0.1) is 0 Å². The fourth-order valence-electron chi connectivity index (χ4n) is 3.21. The molecule has 0 amide bonds. The van der Waals surface area contributed by atoms with Gasteiger partial charge in [0.05, 0.1) is 25.5 Å². The molecule has 3 rings (SSSR count). The normalized spacial score (nSPS) is 16.9. The number of methoxy groups -OCH3 is 1. The van der Waals surface area contributed by atoms with Crippen LogP contribution in [0.3, 0.4) is 0 Å². The molecule has 1 aliphatic heterocycles. The minimum atomic E-state index is 0.132. The molecule has 0 aliphatic carbocycles. The molecule has 3 N–H and O–H groups in total. The highest BCUT2D eigenvalue weighted by Crippen LogP contribution is 2.26. The smallest absolute Gasteiger partial charge is 0.193 e. The molecule has 1 fully saturated rings. The Hall–Kier alpha value is -2.31. The van der Waals surface area contributed by atoms with Crippen molar-refractivity contribution in [2.24, 2.45) is 10.7 Å². The van der Waals surface area contributed by atoms with Crippen molar-refractivity contribution < 1.29 is 9.15 Å². The Morgan fingerprint density at radius 2 is 2.08 bits per heavy atom. The van der Waals surface area contributed by atoms with E-state index in [-0.39, 0.29) is 6.04 Å². The van der Waals surface area contributed by atoms with Gasteiger partial charge in [-0.3, -0.25) is 9.89 Å². The average Bonchev–Trinajstić information content (AvgIpc) is 3.31. The Bertz CT molecular complexity index is 678. The largest absolute Gasteiger partial charge is 0.468 e. The number of aliphatic imine (C=N–C) groups is 1. The van der Waals surface area contributed by atoms with Gasteiger partial charge in [-0.25, -0.2) is 0 Å². The Morgan fingerprint density at radius 1 is 1.28 bits per heavy atom. The molecule has 1 atom stereocenters. The Morgan fingerprint density at radius 3 is 2.80 bits per heavy atom. The zero-order valence-electron chi connectivity index (χ0n) is 14.6. The highest BCUT2D eigenvalue weighted by Gasteiger charge is 2.25. The molecule has 134 valence electrons. The number of guanidine groups is 1. The summed E-state index contributed by atoms with van der Waals surface area (Å²) in [5, 5.41) is 3.19. The van der Waals surface area contributed by atoms with E-state index in [9.17, 15) is 0 Å². The fourth-order valence-corrected chi connectivity index (χ4v) is 3.21. The Labute approximate surface area is 148 Å². The molecular weight excluding hydrogens is 316 g/mol. The topological polar surface area (TPSA) is 76.0 Å². The van der Waals surface area contributed by atoms with E-state index in [0.717, 1.165) is 30.1 Å². The van der Waals surface area contributed by atoms with E-state index in [1.807, 2.05) is 36.4 Å². The number of hydrogen-bond acceptors (Lipinski definition) is 4. The van der Waals surface area contributed by atoms with Crippen LogP contribution in [-0.2, 0) is 11.3 Å². The van der Waals surface area contributed by atoms with E-state index in [2.05, 4.69) is 15.2 Å². The molecule has 0 saturated carbocycles. The van der Waals surface area contributed by atoms with Crippen LogP contribution in [-0.4, -0.2) is 37.6 Å².